The maximum absolute atomic E-state index is 6.51. The van der Waals surface area contributed by atoms with Crippen LogP contribution in [0.1, 0.15) is 0 Å². The SMILES string of the molecule is c1ccc(-c2cc(-c3ccccc3)cc(-c3nc(-c4ccccc4)nc(-c4cccc5ccc6nc(-c7ccccc7)oc6c45)n3)c2)cc1. The lowest BCUT2D eigenvalue weighted by molar-refractivity contribution is 0.623. The maximum Gasteiger partial charge on any atom is 0.227 e. The van der Waals surface area contributed by atoms with E-state index in [4.69, 9.17) is 24.4 Å². The van der Waals surface area contributed by atoms with E-state index in [9.17, 15) is 0 Å². The van der Waals surface area contributed by atoms with Crippen molar-refractivity contribution >= 4 is 21.9 Å². The quantitative estimate of drug-likeness (QED) is 0.183. The Bertz CT molecular complexity index is 2530. The molecule has 0 fully saturated rings. The molecular weight excluding hydrogens is 601 g/mol. The normalized spacial score (nSPS) is 11.3. The number of hydrogen-bond acceptors (Lipinski definition) is 5. The van der Waals surface area contributed by atoms with Gasteiger partial charge in [-0.15, -0.1) is 0 Å². The summed E-state index contributed by atoms with van der Waals surface area (Å²) < 4.78 is 6.51. The Kier molecular flexibility index (Phi) is 7.06. The van der Waals surface area contributed by atoms with E-state index in [0.29, 0.717) is 28.9 Å². The van der Waals surface area contributed by atoms with Crippen LogP contribution in [0.15, 0.2) is 174 Å². The number of fused-ring (bicyclic) bond motifs is 3. The third-order valence-electron chi connectivity index (χ3n) is 8.73. The zero-order chi connectivity index (χ0) is 32.6. The molecule has 0 radical (unpaired) electrons. The molecule has 9 aromatic rings. The Morgan fingerprint density at radius 3 is 1.47 bits per heavy atom. The largest absolute Gasteiger partial charge is 0.435 e. The lowest BCUT2D eigenvalue weighted by Gasteiger charge is -2.13. The van der Waals surface area contributed by atoms with Gasteiger partial charge < -0.3 is 4.42 Å². The second kappa shape index (κ2) is 12.1. The van der Waals surface area contributed by atoms with Crippen molar-refractivity contribution in [3.8, 4) is 67.9 Å². The molecule has 0 atom stereocenters. The third kappa shape index (κ3) is 5.43. The fourth-order valence-corrected chi connectivity index (χ4v) is 6.34. The summed E-state index contributed by atoms with van der Waals surface area (Å²) >= 11 is 0. The van der Waals surface area contributed by atoms with Gasteiger partial charge in [-0.3, -0.25) is 0 Å². The highest BCUT2D eigenvalue weighted by Crippen LogP contribution is 2.38. The molecule has 230 valence electrons. The third-order valence-corrected chi connectivity index (χ3v) is 8.73. The molecule has 7 aromatic carbocycles. The van der Waals surface area contributed by atoms with Crippen molar-refractivity contribution in [2.24, 2.45) is 0 Å². The van der Waals surface area contributed by atoms with Crippen molar-refractivity contribution in [3.05, 3.63) is 170 Å². The minimum atomic E-state index is 0.561. The predicted molar refractivity (Wildman–Crippen MR) is 198 cm³/mol. The van der Waals surface area contributed by atoms with E-state index in [1.54, 1.807) is 0 Å². The average Bonchev–Trinajstić information content (AvgIpc) is 3.64. The summed E-state index contributed by atoms with van der Waals surface area (Å²) in [6, 6.07) is 57.7. The Balaban J connectivity index is 1.29. The minimum Gasteiger partial charge on any atom is -0.435 e. The second-order valence-electron chi connectivity index (χ2n) is 11.9. The van der Waals surface area contributed by atoms with E-state index in [0.717, 1.165) is 60.8 Å². The Morgan fingerprint density at radius 2 is 0.857 bits per heavy atom. The van der Waals surface area contributed by atoms with Crippen LogP contribution in [-0.2, 0) is 0 Å². The molecule has 2 aromatic heterocycles. The van der Waals surface area contributed by atoms with Crippen LogP contribution in [0.5, 0.6) is 0 Å². The minimum absolute atomic E-state index is 0.561. The Hall–Kier alpha value is -6.72. The van der Waals surface area contributed by atoms with Crippen molar-refractivity contribution in [2.75, 3.05) is 0 Å². The van der Waals surface area contributed by atoms with E-state index in [1.807, 2.05) is 84.9 Å². The predicted octanol–water partition coefficient (Wildman–Crippen LogP) is 11.2. The van der Waals surface area contributed by atoms with Gasteiger partial charge in [-0.25, -0.2) is 19.9 Å². The standard InChI is InChI=1S/C44H28N4O/c1-5-14-29(15-6-1)34-26-35(30-16-7-2-8-17-30)28-36(27-34)42-46-41(32-18-9-3-10-19-32)47-43(48-42)37-23-13-22-31-24-25-38-40(39(31)37)49-44(45-38)33-20-11-4-12-21-33/h1-28H. The van der Waals surface area contributed by atoms with Crippen LogP contribution in [0.4, 0.5) is 0 Å². The topological polar surface area (TPSA) is 64.7 Å². The van der Waals surface area contributed by atoms with Gasteiger partial charge in [0.05, 0.1) is 0 Å². The molecule has 5 nitrogen and oxygen atoms in total. The molecular formula is C44H28N4O. The van der Waals surface area contributed by atoms with Gasteiger partial charge in [0.1, 0.15) is 5.52 Å². The van der Waals surface area contributed by atoms with Crippen LogP contribution < -0.4 is 0 Å². The lowest BCUT2D eigenvalue weighted by atomic mass is 9.95. The van der Waals surface area contributed by atoms with E-state index < -0.39 is 0 Å². The molecule has 0 bridgehead atoms. The fourth-order valence-electron chi connectivity index (χ4n) is 6.34. The van der Waals surface area contributed by atoms with Gasteiger partial charge in [0.25, 0.3) is 0 Å². The lowest BCUT2D eigenvalue weighted by Crippen LogP contribution is -2.01. The zero-order valence-electron chi connectivity index (χ0n) is 26.4. The molecule has 0 aliphatic carbocycles. The number of rotatable bonds is 6. The summed E-state index contributed by atoms with van der Waals surface area (Å²) in [7, 11) is 0. The highest BCUT2D eigenvalue weighted by molar-refractivity contribution is 6.10. The van der Waals surface area contributed by atoms with Crippen molar-refractivity contribution in [3.63, 3.8) is 0 Å². The molecule has 0 aliphatic rings. The van der Waals surface area contributed by atoms with Crippen molar-refractivity contribution < 1.29 is 4.42 Å². The fraction of sp³-hybridized carbons (Fsp3) is 0. The van der Waals surface area contributed by atoms with E-state index in [1.165, 1.54) is 0 Å². The van der Waals surface area contributed by atoms with Gasteiger partial charge in [0.15, 0.2) is 23.1 Å². The molecule has 0 N–H and O–H groups in total. The summed E-state index contributed by atoms with van der Waals surface area (Å²) in [5, 5.41) is 1.93. The van der Waals surface area contributed by atoms with Gasteiger partial charge in [-0.2, -0.15) is 0 Å². The monoisotopic (exact) mass is 628 g/mol. The molecule has 0 saturated carbocycles. The first-order chi connectivity index (χ1) is 24.3. The molecule has 0 aliphatic heterocycles. The number of benzene rings is 7. The van der Waals surface area contributed by atoms with Gasteiger partial charge in [-0.1, -0.05) is 133 Å². The van der Waals surface area contributed by atoms with Crippen LogP contribution in [0.2, 0.25) is 0 Å². The van der Waals surface area contributed by atoms with Gasteiger partial charge in [-0.05, 0) is 64.0 Å². The first-order valence-corrected chi connectivity index (χ1v) is 16.2. The number of nitrogens with zero attached hydrogens (tertiary/aromatic N) is 4. The first-order valence-electron chi connectivity index (χ1n) is 16.2. The molecule has 2 heterocycles. The van der Waals surface area contributed by atoms with E-state index >= 15 is 0 Å². The first kappa shape index (κ1) is 28.5. The maximum atomic E-state index is 6.51. The van der Waals surface area contributed by atoms with Crippen LogP contribution in [0.25, 0.3) is 89.7 Å². The molecule has 5 heteroatoms. The van der Waals surface area contributed by atoms with Crippen LogP contribution >= 0.6 is 0 Å². The summed E-state index contributed by atoms with van der Waals surface area (Å²) in [6.07, 6.45) is 0. The highest BCUT2D eigenvalue weighted by Gasteiger charge is 2.19. The molecule has 0 amide bonds. The highest BCUT2D eigenvalue weighted by atomic mass is 16.3. The van der Waals surface area contributed by atoms with Gasteiger partial charge in [0.2, 0.25) is 5.89 Å². The smallest absolute Gasteiger partial charge is 0.227 e. The summed E-state index contributed by atoms with van der Waals surface area (Å²) in [6.45, 7) is 0. The number of hydrogen-bond donors (Lipinski definition) is 0. The van der Waals surface area contributed by atoms with Gasteiger partial charge >= 0.3 is 0 Å². The zero-order valence-corrected chi connectivity index (χ0v) is 26.4. The number of aromatic nitrogens is 4. The van der Waals surface area contributed by atoms with Gasteiger partial charge in [0, 0.05) is 27.6 Å². The molecule has 0 spiro atoms. The summed E-state index contributed by atoms with van der Waals surface area (Å²) in [5.41, 5.74) is 9.47. The molecule has 0 saturated heterocycles. The Morgan fingerprint density at radius 1 is 0.347 bits per heavy atom. The molecule has 9 rings (SSSR count). The Labute approximate surface area is 283 Å². The van der Waals surface area contributed by atoms with Crippen LogP contribution in [0, 0.1) is 0 Å². The number of oxazole rings is 1. The van der Waals surface area contributed by atoms with Crippen LogP contribution in [-0.4, -0.2) is 19.9 Å². The second-order valence-corrected chi connectivity index (χ2v) is 11.9. The summed E-state index contributed by atoms with van der Waals surface area (Å²) in [5.74, 6) is 2.32. The average molecular weight is 629 g/mol. The molecule has 0 unspecified atom stereocenters. The molecule has 49 heavy (non-hydrogen) atoms. The van der Waals surface area contributed by atoms with Crippen molar-refractivity contribution in [1.29, 1.82) is 0 Å². The van der Waals surface area contributed by atoms with E-state index in [-0.39, 0.29) is 0 Å². The summed E-state index contributed by atoms with van der Waals surface area (Å²) in [4.78, 5) is 20.3. The van der Waals surface area contributed by atoms with E-state index in [2.05, 4.69) is 84.9 Å². The van der Waals surface area contributed by atoms with Crippen molar-refractivity contribution in [1.82, 2.24) is 19.9 Å². The van der Waals surface area contributed by atoms with Crippen LogP contribution in [0.3, 0.4) is 0 Å². The van der Waals surface area contributed by atoms with Crippen molar-refractivity contribution in [2.45, 2.75) is 0 Å².